The zero-order chi connectivity index (χ0) is 23.0. The van der Waals surface area contributed by atoms with E-state index in [1.54, 1.807) is 49.4 Å². The molecule has 1 aliphatic heterocycles. The van der Waals surface area contributed by atoms with Crippen LogP contribution < -0.4 is 14.4 Å². The predicted octanol–water partition coefficient (Wildman–Crippen LogP) is 4.28. The maximum atomic E-state index is 13.1. The van der Waals surface area contributed by atoms with Gasteiger partial charge < -0.3 is 19.1 Å². The van der Waals surface area contributed by atoms with Gasteiger partial charge in [0.15, 0.2) is 5.82 Å². The maximum absolute atomic E-state index is 13.1. The average Bonchev–Trinajstić information content (AvgIpc) is 3.33. The minimum Gasteiger partial charge on any atom is -0.507 e. The Morgan fingerprint density at radius 1 is 1.12 bits per heavy atom. The van der Waals surface area contributed by atoms with Crippen molar-refractivity contribution < 1.29 is 28.7 Å². The van der Waals surface area contributed by atoms with Crippen molar-refractivity contribution in [1.82, 2.24) is 5.16 Å². The van der Waals surface area contributed by atoms with Crippen molar-refractivity contribution >= 4 is 34.9 Å². The molecule has 0 aliphatic carbocycles. The van der Waals surface area contributed by atoms with E-state index in [-0.39, 0.29) is 27.7 Å². The first-order valence-corrected chi connectivity index (χ1v) is 9.95. The Morgan fingerprint density at radius 3 is 2.53 bits per heavy atom. The topological polar surface area (TPSA) is 102 Å². The number of hydrogen-bond acceptors (Lipinski definition) is 7. The fraction of sp³-hybridized carbons (Fsp3) is 0.174. The lowest BCUT2D eigenvalue weighted by Crippen LogP contribution is -2.29. The number of anilines is 1. The number of aliphatic hydroxyl groups excluding tert-OH is 1. The van der Waals surface area contributed by atoms with Crippen molar-refractivity contribution in [2.45, 2.75) is 13.0 Å². The monoisotopic (exact) mass is 454 g/mol. The van der Waals surface area contributed by atoms with Gasteiger partial charge in [-0.2, -0.15) is 0 Å². The highest BCUT2D eigenvalue weighted by Gasteiger charge is 2.48. The largest absolute Gasteiger partial charge is 0.507 e. The zero-order valence-corrected chi connectivity index (χ0v) is 18.2. The van der Waals surface area contributed by atoms with Crippen molar-refractivity contribution in [3.63, 3.8) is 0 Å². The molecule has 0 saturated carbocycles. The Morgan fingerprint density at radius 2 is 1.91 bits per heavy atom. The summed E-state index contributed by atoms with van der Waals surface area (Å²) in [6.45, 7) is 1.67. The Labute approximate surface area is 188 Å². The van der Waals surface area contributed by atoms with E-state index in [0.29, 0.717) is 22.8 Å². The highest BCUT2D eigenvalue weighted by atomic mass is 35.5. The normalized spacial score (nSPS) is 17.6. The molecule has 1 aromatic heterocycles. The van der Waals surface area contributed by atoms with E-state index in [0.717, 1.165) is 0 Å². The summed E-state index contributed by atoms with van der Waals surface area (Å²) in [4.78, 5) is 27.3. The van der Waals surface area contributed by atoms with Crippen molar-refractivity contribution in [2.75, 3.05) is 19.1 Å². The molecule has 164 valence electrons. The number of benzene rings is 2. The summed E-state index contributed by atoms with van der Waals surface area (Å²) >= 11 is 6.21. The second-order valence-corrected chi connectivity index (χ2v) is 7.50. The number of hydrogen-bond donors (Lipinski definition) is 1. The van der Waals surface area contributed by atoms with Crippen LogP contribution in [0.3, 0.4) is 0 Å². The van der Waals surface area contributed by atoms with Gasteiger partial charge in [-0.15, -0.1) is 0 Å². The van der Waals surface area contributed by atoms with E-state index in [1.807, 2.05) is 0 Å². The number of nitrogens with zero attached hydrogens (tertiary/aromatic N) is 2. The molecule has 3 aromatic rings. The molecule has 1 amide bonds. The summed E-state index contributed by atoms with van der Waals surface area (Å²) in [5.74, 6) is -0.515. The molecule has 1 aliphatic rings. The highest BCUT2D eigenvalue weighted by Crippen LogP contribution is 2.43. The minimum absolute atomic E-state index is 0.106. The smallest absolute Gasteiger partial charge is 0.301 e. The van der Waals surface area contributed by atoms with Gasteiger partial charge in [0.1, 0.15) is 23.0 Å². The van der Waals surface area contributed by atoms with Gasteiger partial charge >= 0.3 is 5.91 Å². The minimum atomic E-state index is -0.963. The Bertz CT molecular complexity index is 1250. The fourth-order valence-electron chi connectivity index (χ4n) is 3.63. The number of halogens is 1. The number of aliphatic hydroxyl groups is 1. The van der Waals surface area contributed by atoms with E-state index in [2.05, 4.69) is 5.16 Å². The van der Waals surface area contributed by atoms with Gasteiger partial charge in [-0.3, -0.25) is 14.5 Å². The summed E-state index contributed by atoms with van der Waals surface area (Å²) < 4.78 is 15.6. The number of ether oxygens (including phenoxy) is 2. The van der Waals surface area contributed by atoms with Gasteiger partial charge in [0.25, 0.3) is 5.78 Å². The molecule has 2 aromatic carbocycles. The van der Waals surface area contributed by atoms with Gasteiger partial charge in [-0.1, -0.05) is 28.9 Å². The Balaban J connectivity index is 1.94. The summed E-state index contributed by atoms with van der Waals surface area (Å²) in [5.41, 5.74) is 0.702. The fourth-order valence-corrected chi connectivity index (χ4v) is 3.89. The van der Waals surface area contributed by atoms with E-state index in [9.17, 15) is 14.7 Å². The number of amides is 1. The molecule has 32 heavy (non-hydrogen) atoms. The van der Waals surface area contributed by atoms with Crippen LogP contribution in [0.4, 0.5) is 5.82 Å². The molecule has 0 bridgehead atoms. The molecule has 1 fully saturated rings. The summed E-state index contributed by atoms with van der Waals surface area (Å²) in [7, 11) is 2.98. The molecule has 0 spiro atoms. The third kappa shape index (κ3) is 3.58. The quantitative estimate of drug-likeness (QED) is 0.348. The number of rotatable bonds is 5. The number of aryl methyl sites for hydroxylation is 1. The number of carbonyl (C=O) groups excluding carboxylic acids is 2. The first-order valence-electron chi connectivity index (χ1n) is 9.58. The van der Waals surface area contributed by atoms with Crippen LogP contribution in [0.15, 0.2) is 58.6 Å². The van der Waals surface area contributed by atoms with Crippen LogP contribution in [0.5, 0.6) is 11.5 Å². The van der Waals surface area contributed by atoms with Crippen molar-refractivity contribution in [2.24, 2.45) is 0 Å². The average molecular weight is 455 g/mol. The summed E-state index contributed by atoms with van der Waals surface area (Å²) in [6, 6.07) is 12.0. The second kappa shape index (κ2) is 8.39. The first-order chi connectivity index (χ1) is 15.3. The Hall–Kier alpha value is -3.78. The molecular weight excluding hydrogens is 436 g/mol. The van der Waals surface area contributed by atoms with Crippen LogP contribution in [0, 0.1) is 6.92 Å². The van der Waals surface area contributed by atoms with Gasteiger partial charge in [0, 0.05) is 11.6 Å². The third-order valence-electron chi connectivity index (χ3n) is 5.14. The van der Waals surface area contributed by atoms with E-state index < -0.39 is 17.7 Å². The van der Waals surface area contributed by atoms with Crippen LogP contribution in [0.25, 0.3) is 5.76 Å². The number of methoxy groups -OCH3 is 2. The summed E-state index contributed by atoms with van der Waals surface area (Å²) in [5, 5.41) is 15.3. The van der Waals surface area contributed by atoms with Gasteiger partial charge in [-0.05, 0) is 42.8 Å². The van der Waals surface area contributed by atoms with Crippen LogP contribution in [-0.4, -0.2) is 36.2 Å². The number of aromatic nitrogens is 1. The van der Waals surface area contributed by atoms with E-state index >= 15 is 0 Å². The number of carbonyl (C=O) groups is 2. The first kappa shape index (κ1) is 21.5. The number of ketones is 1. The van der Waals surface area contributed by atoms with Crippen LogP contribution in [0.2, 0.25) is 5.02 Å². The lowest BCUT2D eigenvalue weighted by molar-refractivity contribution is -0.132. The lowest BCUT2D eigenvalue weighted by atomic mass is 9.95. The van der Waals surface area contributed by atoms with Gasteiger partial charge in [-0.25, -0.2) is 0 Å². The molecule has 8 nitrogen and oxygen atoms in total. The predicted molar refractivity (Wildman–Crippen MR) is 117 cm³/mol. The van der Waals surface area contributed by atoms with Crippen LogP contribution in [-0.2, 0) is 9.59 Å². The summed E-state index contributed by atoms with van der Waals surface area (Å²) in [6.07, 6.45) is 0. The van der Waals surface area contributed by atoms with Crippen molar-refractivity contribution in [3.8, 4) is 11.5 Å². The second-order valence-electron chi connectivity index (χ2n) is 7.09. The standard InChI is InChI=1S/C23H19ClN2O6/c1-12-9-18(25-32-12)26-20(13-5-4-6-15(10-13)30-2)19(22(28)23(26)29)21(27)14-7-8-17(31-3)16(24)11-14/h4-11,20,27H,1-3H3/b21-19+/t20-/m0/s1. The molecule has 2 heterocycles. The van der Waals surface area contributed by atoms with E-state index in [4.69, 9.17) is 25.6 Å². The molecule has 0 radical (unpaired) electrons. The van der Waals surface area contributed by atoms with Gasteiger partial charge in [0.2, 0.25) is 0 Å². The molecule has 9 heteroatoms. The molecule has 1 atom stereocenters. The van der Waals surface area contributed by atoms with Crippen molar-refractivity contribution in [1.29, 1.82) is 0 Å². The van der Waals surface area contributed by atoms with Crippen LogP contribution >= 0.6 is 11.6 Å². The highest BCUT2D eigenvalue weighted by molar-refractivity contribution is 6.51. The molecule has 4 rings (SSSR count). The van der Waals surface area contributed by atoms with Gasteiger partial charge in [0.05, 0.1) is 30.9 Å². The maximum Gasteiger partial charge on any atom is 0.301 e. The molecule has 1 saturated heterocycles. The molecule has 0 unspecified atom stereocenters. The Kier molecular flexibility index (Phi) is 5.63. The van der Waals surface area contributed by atoms with Crippen molar-refractivity contribution in [3.05, 3.63) is 76.0 Å². The molecule has 1 N–H and O–H groups in total. The lowest BCUT2D eigenvalue weighted by Gasteiger charge is -2.23. The third-order valence-corrected chi connectivity index (χ3v) is 5.44. The SMILES string of the molecule is COc1cccc([C@H]2/C(=C(\O)c3ccc(OC)c(Cl)c3)C(=O)C(=O)N2c2cc(C)on2)c1. The van der Waals surface area contributed by atoms with Crippen LogP contribution in [0.1, 0.15) is 22.9 Å². The zero-order valence-electron chi connectivity index (χ0n) is 17.5. The van der Waals surface area contributed by atoms with E-state index in [1.165, 1.54) is 25.2 Å². The number of Topliss-reactive ketones (excluding diaryl/α,β-unsaturated/α-hetero) is 1. The molecular formula is C23H19ClN2O6.